The van der Waals surface area contributed by atoms with E-state index in [1.54, 1.807) is 6.07 Å². The van der Waals surface area contributed by atoms with Crippen molar-refractivity contribution in [3.05, 3.63) is 22.7 Å². The van der Waals surface area contributed by atoms with Crippen molar-refractivity contribution >= 4 is 22.5 Å². The van der Waals surface area contributed by atoms with Crippen LogP contribution in [-0.4, -0.2) is 43.1 Å². The molecular formula is C12H16N4O2. The van der Waals surface area contributed by atoms with Crippen molar-refractivity contribution in [1.82, 2.24) is 9.88 Å². The number of anilines is 2. The fraction of sp³-hybridized carbons (Fsp3) is 0.417. The molecule has 1 fully saturated rings. The summed E-state index contributed by atoms with van der Waals surface area (Å²) in [6.45, 7) is 3.90. The summed E-state index contributed by atoms with van der Waals surface area (Å²) < 4.78 is 4.99. The molecular weight excluding hydrogens is 232 g/mol. The maximum Gasteiger partial charge on any atom is 0.417 e. The third-order valence-electron chi connectivity index (χ3n) is 3.41. The van der Waals surface area contributed by atoms with Crippen molar-refractivity contribution in [2.45, 2.75) is 0 Å². The van der Waals surface area contributed by atoms with E-state index in [2.05, 4.69) is 21.8 Å². The number of nitrogen functional groups attached to an aromatic ring is 1. The number of likely N-dealkylation sites (N-methyl/N-ethyl adjacent to an activating group) is 1. The lowest BCUT2D eigenvalue weighted by atomic mass is 10.2. The second-order valence-corrected chi connectivity index (χ2v) is 4.71. The van der Waals surface area contributed by atoms with Gasteiger partial charge in [-0.05, 0) is 13.1 Å². The standard InChI is InChI=1S/C12H16N4O2/c1-15-2-4-16(5-3-15)10-7-9-11(6-8(10)13)18-12(17)14-9/h6-7H,2-5,13H2,1H3,(H,14,17). The molecule has 1 saturated heterocycles. The fourth-order valence-electron chi connectivity index (χ4n) is 2.32. The number of aromatic amines is 1. The lowest BCUT2D eigenvalue weighted by molar-refractivity contribution is 0.313. The van der Waals surface area contributed by atoms with Crippen LogP contribution in [0.3, 0.4) is 0 Å². The molecule has 18 heavy (non-hydrogen) atoms. The zero-order valence-corrected chi connectivity index (χ0v) is 10.3. The van der Waals surface area contributed by atoms with E-state index in [0.717, 1.165) is 31.9 Å². The first kappa shape index (κ1) is 11.2. The van der Waals surface area contributed by atoms with Crippen LogP contribution < -0.4 is 16.4 Å². The van der Waals surface area contributed by atoms with Gasteiger partial charge in [-0.1, -0.05) is 0 Å². The first-order chi connectivity index (χ1) is 8.63. The van der Waals surface area contributed by atoms with E-state index in [-0.39, 0.29) is 0 Å². The summed E-state index contributed by atoms with van der Waals surface area (Å²) in [5.41, 5.74) is 8.85. The third kappa shape index (κ3) is 1.84. The predicted molar refractivity (Wildman–Crippen MR) is 71.0 cm³/mol. The number of benzene rings is 1. The van der Waals surface area contributed by atoms with Gasteiger partial charge < -0.3 is 20.0 Å². The number of nitrogens with two attached hydrogens (primary N) is 1. The van der Waals surface area contributed by atoms with Gasteiger partial charge in [-0.3, -0.25) is 4.98 Å². The summed E-state index contributed by atoms with van der Waals surface area (Å²) in [4.78, 5) is 18.3. The van der Waals surface area contributed by atoms with E-state index in [0.29, 0.717) is 16.8 Å². The Labute approximate surface area is 104 Å². The molecule has 3 rings (SSSR count). The van der Waals surface area contributed by atoms with Crippen molar-refractivity contribution in [2.24, 2.45) is 0 Å². The highest BCUT2D eigenvalue weighted by Gasteiger charge is 2.17. The van der Waals surface area contributed by atoms with Crippen LogP contribution in [-0.2, 0) is 0 Å². The predicted octanol–water partition coefficient (Wildman–Crippen LogP) is 0.455. The number of nitrogens with one attached hydrogen (secondary N) is 1. The lowest BCUT2D eigenvalue weighted by Crippen LogP contribution is -2.44. The zero-order chi connectivity index (χ0) is 12.7. The normalized spacial score (nSPS) is 17.5. The topological polar surface area (TPSA) is 78.5 Å². The summed E-state index contributed by atoms with van der Waals surface area (Å²) >= 11 is 0. The maximum atomic E-state index is 11.1. The van der Waals surface area contributed by atoms with Gasteiger partial charge in [-0.15, -0.1) is 0 Å². The summed E-state index contributed by atoms with van der Waals surface area (Å²) in [6.07, 6.45) is 0. The number of hydrogen-bond donors (Lipinski definition) is 2. The first-order valence-electron chi connectivity index (χ1n) is 5.99. The molecule has 6 heteroatoms. The molecule has 1 aliphatic rings. The van der Waals surface area contributed by atoms with Gasteiger partial charge in [0.1, 0.15) is 0 Å². The Morgan fingerprint density at radius 1 is 1.28 bits per heavy atom. The average Bonchev–Trinajstić information content (AvgIpc) is 2.68. The zero-order valence-electron chi connectivity index (χ0n) is 10.3. The van der Waals surface area contributed by atoms with Crippen LogP contribution in [0.15, 0.2) is 21.3 Å². The van der Waals surface area contributed by atoms with E-state index in [9.17, 15) is 4.79 Å². The van der Waals surface area contributed by atoms with Crippen molar-refractivity contribution in [2.75, 3.05) is 43.9 Å². The highest BCUT2D eigenvalue weighted by Crippen LogP contribution is 2.28. The number of fused-ring (bicyclic) bond motifs is 1. The Balaban J connectivity index is 2.00. The van der Waals surface area contributed by atoms with Crippen LogP contribution in [0.5, 0.6) is 0 Å². The Kier molecular flexibility index (Phi) is 2.52. The van der Waals surface area contributed by atoms with E-state index < -0.39 is 5.76 Å². The summed E-state index contributed by atoms with van der Waals surface area (Å²) in [5, 5.41) is 0. The van der Waals surface area contributed by atoms with Crippen molar-refractivity contribution in [3.8, 4) is 0 Å². The van der Waals surface area contributed by atoms with Gasteiger partial charge >= 0.3 is 5.76 Å². The van der Waals surface area contributed by atoms with Gasteiger partial charge in [0, 0.05) is 32.2 Å². The Bertz CT molecular complexity index is 623. The molecule has 2 heterocycles. The molecule has 1 aromatic heterocycles. The molecule has 0 saturated carbocycles. The van der Waals surface area contributed by atoms with Crippen LogP contribution in [0.4, 0.5) is 11.4 Å². The van der Waals surface area contributed by atoms with Crippen LogP contribution in [0.25, 0.3) is 11.1 Å². The smallest absolute Gasteiger partial charge is 0.408 e. The average molecular weight is 248 g/mol. The highest BCUT2D eigenvalue weighted by molar-refractivity contribution is 5.85. The second kappa shape index (κ2) is 4.06. The van der Waals surface area contributed by atoms with Crippen LogP contribution in [0.2, 0.25) is 0 Å². The lowest BCUT2D eigenvalue weighted by Gasteiger charge is -2.34. The number of rotatable bonds is 1. The first-order valence-corrected chi connectivity index (χ1v) is 5.99. The van der Waals surface area contributed by atoms with Gasteiger partial charge in [0.15, 0.2) is 5.58 Å². The SMILES string of the molecule is CN1CCN(c2cc3[nH]c(=O)oc3cc2N)CC1. The Morgan fingerprint density at radius 3 is 2.72 bits per heavy atom. The van der Waals surface area contributed by atoms with Gasteiger partial charge in [0.05, 0.1) is 16.9 Å². The minimum atomic E-state index is -0.445. The molecule has 0 radical (unpaired) electrons. The van der Waals surface area contributed by atoms with E-state index in [4.69, 9.17) is 10.2 Å². The number of H-pyrrole nitrogens is 1. The molecule has 0 spiro atoms. The molecule has 3 N–H and O–H groups in total. The van der Waals surface area contributed by atoms with E-state index >= 15 is 0 Å². The summed E-state index contributed by atoms with van der Waals surface area (Å²) in [5.74, 6) is -0.445. The van der Waals surface area contributed by atoms with Crippen LogP contribution in [0, 0.1) is 0 Å². The fourth-order valence-corrected chi connectivity index (χ4v) is 2.32. The van der Waals surface area contributed by atoms with Crippen LogP contribution >= 0.6 is 0 Å². The quantitative estimate of drug-likeness (QED) is 0.717. The number of piperazine rings is 1. The molecule has 2 aromatic rings. The minimum absolute atomic E-state index is 0.445. The summed E-state index contributed by atoms with van der Waals surface area (Å²) in [7, 11) is 2.11. The van der Waals surface area contributed by atoms with Gasteiger partial charge in [0.2, 0.25) is 0 Å². The van der Waals surface area contributed by atoms with Gasteiger partial charge in [0.25, 0.3) is 0 Å². The third-order valence-corrected chi connectivity index (χ3v) is 3.41. The molecule has 6 nitrogen and oxygen atoms in total. The van der Waals surface area contributed by atoms with Gasteiger partial charge in [-0.2, -0.15) is 0 Å². The number of nitrogens with zero attached hydrogens (tertiary/aromatic N) is 2. The second-order valence-electron chi connectivity index (χ2n) is 4.71. The number of oxazole rings is 1. The molecule has 0 unspecified atom stereocenters. The van der Waals surface area contributed by atoms with E-state index in [1.165, 1.54) is 0 Å². The number of hydrogen-bond acceptors (Lipinski definition) is 5. The highest BCUT2D eigenvalue weighted by atomic mass is 16.4. The molecule has 0 aliphatic carbocycles. The van der Waals surface area contributed by atoms with Crippen molar-refractivity contribution in [1.29, 1.82) is 0 Å². The van der Waals surface area contributed by atoms with Crippen molar-refractivity contribution < 1.29 is 4.42 Å². The monoisotopic (exact) mass is 248 g/mol. The van der Waals surface area contributed by atoms with Crippen molar-refractivity contribution in [3.63, 3.8) is 0 Å². The molecule has 0 bridgehead atoms. The Morgan fingerprint density at radius 2 is 2.00 bits per heavy atom. The molecule has 1 aromatic carbocycles. The number of aromatic nitrogens is 1. The molecule has 0 atom stereocenters. The van der Waals surface area contributed by atoms with Crippen LogP contribution in [0.1, 0.15) is 0 Å². The molecule has 1 aliphatic heterocycles. The van der Waals surface area contributed by atoms with Gasteiger partial charge in [-0.25, -0.2) is 4.79 Å². The molecule has 0 amide bonds. The summed E-state index contributed by atoms with van der Waals surface area (Å²) in [6, 6.07) is 3.60. The largest absolute Gasteiger partial charge is 0.417 e. The molecule has 96 valence electrons. The minimum Gasteiger partial charge on any atom is -0.408 e. The van der Waals surface area contributed by atoms with E-state index in [1.807, 2.05) is 6.07 Å². The maximum absolute atomic E-state index is 11.1. The Hall–Kier alpha value is -1.95.